The highest BCUT2D eigenvalue weighted by Gasteiger charge is 2.28. The molecular weight excluding hydrogens is 334 g/mol. The normalized spacial score (nSPS) is 17.5. The first kappa shape index (κ1) is 16.6. The van der Waals surface area contributed by atoms with Crippen LogP contribution in [0.2, 0.25) is 0 Å². The highest BCUT2D eigenvalue weighted by atomic mass is 79.9. The van der Waals surface area contributed by atoms with E-state index in [1.54, 1.807) is 14.2 Å². The zero-order chi connectivity index (χ0) is 15.3. The van der Waals surface area contributed by atoms with Gasteiger partial charge in [0.25, 0.3) is 0 Å². The molecular formula is C16H24BrNO3. The Morgan fingerprint density at radius 3 is 2.52 bits per heavy atom. The number of rotatable bonds is 6. The average Bonchev–Trinajstić information content (AvgIpc) is 2.47. The van der Waals surface area contributed by atoms with Gasteiger partial charge in [0.05, 0.1) is 24.3 Å². The van der Waals surface area contributed by atoms with Crippen molar-refractivity contribution >= 4 is 15.9 Å². The second-order valence-corrected chi connectivity index (χ2v) is 6.56. The zero-order valence-electron chi connectivity index (χ0n) is 12.7. The molecule has 0 saturated heterocycles. The SMILES string of the molecule is COc1cc(CNCC2(O)CCCCC2)cc(Br)c1OC. The lowest BCUT2D eigenvalue weighted by Gasteiger charge is -2.32. The van der Waals surface area contributed by atoms with Gasteiger partial charge in [-0.3, -0.25) is 0 Å². The molecule has 118 valence electrons. The van der Waals surface area contributed by atoms with E-state index in [2.05, 4.69) is 21.2 Å². The van der Waals surface area contributed by atoms with E-state index in [4.69, 9.17) is 9.47 Å². The predicted octanol–water partition coefficient (Wildman–Crippen LogP) is 3.25. The summed E-state index contributed by atoms with van der Waals surface area (Å²) < 4.78 is 11.5. The average molecular weight is 358 g/mol. The highest BCUT2D eigenvalue weighted by molar-refractivity contribution is 9.10. The van der Waals surface area contributed by atoms with E-state index in [-0.39, 0.29) is 0 Å². The number of hydrogen-bond donors (Lipinski definition) is 2. The quantitative estimate of drug-likeness (QED) is 0.820. The van der Waals surface area contributed by atoms with E-state index in [1.807, 2.05) is 12.1 Å². The van der Waals surface area contributed by atoms with Crippen molar-refractivity contribution in [3.8, 4) is 11.5 Å². The van der Waals surface area contributed by atoms with Crippen LogP contribution < -0.4 is 14.8 Å². The molecule has 0 aromatic heterocycles. The van der Waals surface area contributed by atoms with Crippen LogP contribution in [0.25, 0.3) is 0 Å². The maximum Gasteiger partial charge on any atom is 0.174 e. The zero-order valence-corrected chi connectivity index (χ0v) is 14.3. The van der Waals surface area contributed by atoms with Crippen molar-refractivity contribution in [2.75, 3.05) is 20.8 Å². The Labute approximate surface area is 135 Å². The van der Waals surface area contributed by atoms with Gasteiger partial charge in [-0.25, -0.2) is 0 Å². The third kappa shape index (κ3) is 4.34. The van der Waals surface area contributed by atoms with Crippen LogP contribution in [0.15, 0.2) is 16.6 Å². The van der Waals surface area contributed by atoms with E-state index in [9.17, 15) is 5.11 Å². The third-order valence-electron chi connectivity index (χ3n) is 4.06. The molecule has 0 aliphatic heterocycles. The standard InChI is InChI=1S/C16H24BrNO3/c1-20-14-9-12(8-13(17)15(14)21-2)10-18-11-16(19)6-4-3-5-7-16/h8-9,18-19H,3-7,10-11H2,1-2H3. The van der Waals surface area contributed by atoms with Gasteiger partial charge in [0, 0.05) is 13.1 Å². The third-order valence-corrected chi connectivity index (χ3v) is 4.65. The van der Waals surface area contributed by atoms with Gasteiger partial charge in [-0.1, -0.05) is 19.3 Å². The summed E-state index contributed by atoms with van der Waals surface area (Å²) in [5.41, 5.74) is 0.561. The van der Waals surface area contributed by atoms with Crippen molar-refractivity contribution < 1.29 is 14.6 Å². The number of methoxy groups -OCH3 is 2. The van der Waals surface area contributed by atoms with Crippen LogP contribution in [0.4, 0.5) is 0 Å². The number of halogens is 1. The second-order valence-electron chi connectivity index (χ2n) is 5.70. The molecule has 4 nitrogen and oxygen atoms in total. The molecule has 0 radical (unpaired) electrons. The molecule has 0 unspecified atom stereocenters. The Kier molecular flexibility index (Phi) is 5.90. The lowest BCUT2D eigenvalue weighted by molar-refractivity contribution is 0.00467. The number of ether oxygens (including phenoxy) is 2. The summed E-state index contributed by atoms with van der Waals surface area (Å²) in [4.78, 5) is 0. The van der Waals surface area contributed by atoms with Gasteiger partial charge in [0.1, 0.15) is 0 Å². The van der Waals surface area contributed by atoms with Crippen molar-refractivity contribution in [2.45, 2.75) is 44.2 Å². The van der Waals surface area contributed by atoms with Crippen molar-refractivity contribution in [1.29, 1.82) is 0 Å². The highest BCUT2D eigenvalue weighted by Crippen LogP contribution is 2.36. The van der Waals surface area contributed by atoms with Gasteiger partial charge >= 0.3 is 0 Å². The summed E-state index contributed by atoms with van der Waals surface area (Å²) in [6, 6.07) is 3.97. The van der Waals surface area contributed by atoms with Crippen LogP contribution in [-0.4, -0.2) is 31.5 Å². The van der Waals surface area contributed by atoms with Crippen LogP contribution >= 0.6 is 15.9 Å². The molecule has 0 spiro atoms. The maximum atomic E-state index is 10.5. The summed E-state index contributed by atoms with van der Waals surface area (Å²) in [5, 5.41) is 13.8. The van der Waals surface area contributed by atoms with Gasteiger partial charge in [-0.05, 0) is 46.5 Å². The monoisotopic (exact) mass is 357 g/mol. The van der Waals surface area contributed by atoms with Gasteiger partial charge in [0.15, 0.2) is 11.5 Å². The molecule has 1 aromatic rings. The minimum absolute atomic E-state index is 0.536. The number of hydrogen-bond acceptors (Lipinski definition) is 4. The molecule has 5 heteroatoms. The molecule has 1 aliphatic carbocycles. The van der Waals surface area contributed by atoms with Crippen LogP contribution in [0.5, 0.6) is 11.5 Å². The largest absolute Gasteiger partial charge is 0.493 e. The predicted molar refractivity (Wildman–Crippen MR) is 87.0 cm³/mol. The van der Waals surface area contributed by atoms with Crippen molar-refractivity contribution in [2.24, 2.45) is 0 Å². The van der Waals surface area contributed by atoms with E-state index in [0.29, 0.717) is 24.6 Å². The molecule has 0 atom stereocenters. The first-order chi connectivity index (χ1) is 10.1. The maximum absolute atomic E-state index is 10.5. The molecule has 0 heterocycles. The Balaban J connectivity index is 1.95. The van der Waals surface area contributed by atoms with Crippen molar-refractivity contribution in [3.05, 3.63) is 22.2 Å². The summed E-state index contributed by atoms with van der Waals surface area (Å²) in [6.45, 7) is 1.33. The van der Waals surface area contributed by atoms with E-state index in [0.717, 1.165) is 35.7 Å². The fourth-order valence-electron chi connectivity index (χ4n) is 2.90. The first-order valence-electron chi connectivity index (χ1n) is 7.41. The van der Waals surface area contributed by atoms with E-state index in [1.165, 1.54) is 6.42 Å². The Morgan fingerprint density at radius 2 is 1.90 bits per heavy atom. The minimum atomic E-state index is -0.536. The molecule has 1 aromatic carbocycles. The van der Waals surface area contributed by atoms with Gasteiger partial charge in [-0.15, -0.1) is 0 Å². The summed E-state index contributed by atoms with van der Waals surface area (Å²) in [6.07, 6.45) is 5.29. The van der Waals surface area contributed by atoms with Crippen molar-refractivity contribution in [3.63, 3.8) is 0 Å². The van der Waals surface area contributed by atoms with E-state index < -0.39 is 5.60 Å². The topological polar surface area (TPSA) is 50.7 Å². The van der Waals surface area contributed by atoms with Gasteiger partial charge in [0.2, 0.25) is 0 Å². The second kappa shape index (κ2) is 7.47. The molecule has 0 amide bonds. The smallest absolute Gasteiger partial charge is 0.174 e. The van der Waals surface area contributed by atoms with Crippen LogP contribution in [0, 0.1) is 0 Å². The van der Waals surface area contributed by atoms with Gasteiger partial charge in [-0.2, -0.15) is 0 Å². The van der Waals surface area contributed by atoms with Crippen LogP contribution in [0.1, 0.15) is 37.7 Å². The fourth-order valence-corrected chi connectivity index (χ4v) is 3.55. The number of benzene rings is 1. The summed E-state index contributed by atoms with van der Waals surface area (Å²) in [5.74, 6) is 1.41. The lowest BCUT2D eigenvalue weighted by Crippen LogP contribution is -2.41. The van der Waals surface area contributed by atoms with Crippen molar-refractivity contribution in [1.82, 2.24) is 5.32 Å². The van der Waals surface area contributed by atoms with Gasteiger partial charge < -0.3 is 19.9 Å². The van der Waals surface area contributed by atoms with Crippen LogP contribution in [-0.2, 0) is 6.54 Å². The Bertz CT molecular complexity index is 473. The molecule has 2 N–H and O–H groups in total. The summed E-state index contributed by atoms with van der Waals surface area (Å²) in [7, 11) is 3.26. The fraction of sp³-hybridized carbons (Fsp3) is 0.625. The number of nitrogens with one attached hydrogen (secondary N) is 1. The molecule has 1 fully saturated rings. The Hall–Kier alpha value is -0.780. The minimum Gasteiger partial charge on any atom is -0.493 e. The molecule has 21 heavy (non-hydrogen) atoms. The Morgan fingerprint density at radius 1 is 1.19 bits per heavy atom. The lowest BCUT2D eigenvalue weighted by atomic mass is 9.85. The molecule has 1 saturated carbocycles. The number of aliphatic hydroxyl groups is 1. The molecule has 0 bridgehead atoms. The molecule has 2 rings (SSSR count). The van der Waals surface area contributed by atoms with Crippen LogP contribution in [0.3, 0.4) is 0 Å². The van der Waals surface area contributed by atoms with E-state index >= 15 is 0 Å². The molecule has 1 aliphatic rings. The first-order valence-corrected chi connectivity index (χ1v) is 8.21. The summed E-state index contributed by atoms with van der Waals surface area (Å²) >= 11 is 3.50.